The van der Waals surface area contributed by atoms with Crippen molar-refractivity contribution in [3.63, 3.8) is 0 Å². The van der Waals surface area contributed by atoms with Gasteiger partial charge in [0.2, 0.25) is 0 Å². The average molecular weight is 219 g/mol. The minimum absolute atomic E-state index is 0.674. The van der Waals surface area contributed by atoms with Crippen LogP contribution < -0.4 is 5.32 Å². The van der Waals surface area contributed by atoms with E-state index >= 15 is 0 Å². The van der Waals surface area contributed by atoms with Crippen LogP contribution in [0.25, 0.3) is 0 Å². The SMILES string of the molecule is Cc1ccccc1C1(C(=O)O)CCCCN1. The molecule has 1 aliphatic rings. The minimum Gasteiger partial charge on any atom is -0.480 e. The highest BCUT2D eigenvalue weighted by molar-refractivity contribution is 5.81. The quantitative estimate of drug-likeness (QED) is 0.800. The Morgan fingerprint density at radius 3 is 2.69 bits per heavy atom. The van der Waals surface area contributed by atoms with Crippen LogP contribution in [0.4, 0.5) is 0 Å². The van der Waals surface area contributed by atoms with Crippen LogP contribution in [-0.4, -0.2) is 17.6 Å². The Labute approximate surface area is 95.5 Å². The number of benzene rings is 1. The van der Waals surface area contributed by atoms with Gasteiger partial charge in [0.1, 0.15) is 5.54 Å². The number of piperidine rings is 1. The third-order valence-corrected chi connectivity index (χ3v) is 3.38. The Balaban J connectivity index is 2.47. The van der Waals surface area contributed by atoms with E-state index in [9.17, 15) is 9.90 Å². The molecule has 1 aromatic carbocycles. The van der Waals surface area contributed by atoms with E-state index in [1.807, 2.05) is 31.2 Å². The zero-order valence-electron chi connectivity index (χ0n) is 9.49. The molecule has 1 unspecified atom stereocenters. The van der Waals surface area contributed by atoms with Gasteiger partial charge in [-0.15, -0.1) is 0 Å². The number of carboxylic acids is 1. The van der Waals surface area contributed by atoms with Crippen LogP contribution in [-0.2, 0) is 10.3 Å². The van der Waals surface area contributed by atoms with Gasteiger partial charge in [-0.3, -0.25) is 5.32 Å². The number of carboxylic acid groups (broad SMARTS) is 1. The van der Waals surface area contributed by atoms with E-state index in [1.54, 1.807) is 0 Å². The molecule has 0 amide bonds. The average Bonchev–Trinajstić information content (AvgIpc) is 2.30. The Morgan fingerprint density at radius 2 is 2.12 bits per heavy atom. The smallest absolute Gasteiger partial charge is 0.328 e. The monoisotopic (exact) mass is 219 g/mol. The summed E-state index contributed by atoms with van der Waals surface area (Å²) in [5.74, 6) is -0.762. The van der Waals surface area contributed by atoms with Crippen molar-refractivity contribution in [1.82, 2.24) is 5.32 Å². The van der Waals surface area contributed by atoms with Crippen LogP contribution in [0.3, 0.4) is 0 Å². The van der Waals surface area contributed by atoms with E-state index in [-0.39, 0.29) is 0 Å². The van der Waals surface area contributed by atoms with Gasteiger partial charge in [0, 0.05) is 0 Å². The molecular formula is C13H17NO2. The molecule has 0 aromatic heterocycles. The molecule has 3 nitrogen and oxygen atoms in total. The Bertz CT molecular complexity index is 395. The number of hydrogen-bond donors (Lipinski definition) is 2. The lowest BCUT2D eigenvalue weighted by atomic mass is 9.80. The van der Waals surface area contributed by atoms with Crippen molar-refractivity contribution in [3.05, 3.63) is 35.4 Å². The normalized spacial score (nSPS) is 25.3. The summed E-state index contributed by atoms with van der Waals surface area (Å²) in [6.07, 6.45) is 2.70. The highest BCUT2D eigenvalue weighted by Gasteiger charge is 2.41. The molecule has 1 saturated heterocycles. The molecular weight excluding hydrogens is 202 g/mol. The van der Waals surface area contributed by atoms with Crippen molar-refractivity contribution < 1.29 is 9.90 Å². The van der Waals surface area contributed by atoms with Crippen LogP contribution in [0.15, 0.2) is 24.3 Å². The second-order valence-electron chi connectivity index (χ2n) is 4.41. The highest BCUT2D eigenvalue weighted by Crippen LogP contribution is 2.32. The van der Waals surface area contributed by atoms with Crippen molar-refractivity contribution in [2.24, 2.45) is 0 Å². The summed E-state index contributed by atoms with van der Waals surface area (Å²) in [5, 5.41) is 12.7. The molecule has 16 heavy (non-hydrogen) atoms. The maximum absolute atomic E-state index is 11.6. The van der Waals surface area contributed by atoms with Gasteiger partial charge in [-0.2, -0.15) is 0 Å². The lowest BCUT2D eigenvalue weighted by Crippen LogP contribution is -2.52. The van der Waals surface area contributed by atoms with Crippen molar-refractivity contribution in [1.29, 1.82) is 0 Å². The molecule has 0 radical (unpaired) electrons. The van der Waals surface area contributed by atoms with Crippen molar-refractivity contribution in [2.45, 2.75) is 31.7 Å². The zero-order chi connectivity index (χ0) is 11.6. The van der Waals surface area contributed by atoms with E-state index in [1.165, 1.54) is 0 Å². The van der Waals surface area contributed by atoms with Crippen molar-refractivity contribution in [3.8, 4) is 0 Å². The lowest BCUT2D eigenvalue weighted by molar-refractivity contribution is -0.146. The maximum Gasteiger partial charge on any atom is 0.328 e. The fourth-order valence-corrected chi connectivity index (χ4v) is 2.48. The number of carbonyl (C=O) groups is 1. The number of nitrogens with one attached hydrogen (secondary N) is 1. The Kier molecular flexibility index (Phi) is 2.97. The van der Waals surface area contributed by atoms with Gasteiger partial charge in [-0.05, 0) is 43.9 Å². The van der Waals surface area contributed by atoms with Crippen molar-refractivity contribution in [2.75, 3.05) is 6.54 Å². The molecule has 1 aromatic rings. The predicted molar refractivity (Wildman–Crippen MR) is 62.3 cm³/mol. The molecule has 1 atom stereocenters. The van der Waals surface area contributed by atoms with Crippen LogP contribution in [0.1, 0.15) is 30.4 Å². The van der Waals surface area contributed by atoms with Gasteiger partial charge < -0.3 is 5.11 Å². The summed E-state index contributed by atoms with van der Waals surface area (Å²) in [6.45, 7) is 2.75. The first-order chi connectivity index (χ1) is 7.67. The fourth-order valence-electron chi connectivity index (χ4n) is 2.48. The predicted octanol–water partition coefficient (Wildman–Crippen LogP) is 2.05. The van der Waals surface area contributed by atoms with Gasteiger partial charge in [0.05, 0.1) is 0 Å². The second kappa shape index (κ2) is 4.26. The maximum atomic E-state index is 11.6. The third kappa shape index (κ3) is 1.71. The van der Waals surface area contributed by atoms with Gasteiger partial charge in [0.25, 0.3) is 0 Å². The van der Waals surface area contributed by atoms with E-state index in [4.69, 9.17) is 0 Å². The molecule has 3 heteroatoms. The van der Waals surface area contributed by atoms with E-state index in [0.717, 1.165) is 30.5 Å². The van der Waals surface area contributed by atoms with Gasteiger partial charge in [-0.1, -0.05) is 24.3 Å². The number of aryl methyl sites for hydroxylation is 1. The van der Waals surface area contributed by atoms with E-state index in [2.05, 4.69) is 5.32 Å². The Hall–Kier alpha value is -1.35. The number of rotatable bonds is 2. The third-order valence-electron chi connectivity index (χ3n) is 3.38. The number of hydrogen-bond acceptors (Lipinski definition) is 2. The summed E-state index contributed by atoms with van der Waals surface area (Å²) in [6, 6.07) is 7.73. The number of aliphatic carboxylic acids is 1. The summed E-state index contributed by atoms with van der Waals surface area (Å²) in [4.78, 5) is 11.6. The van der Waals surface area contributed by atoms with Crippen LogP contribution in [0.5, 0.6) is 0 Å². The summed E-state index contributed by atoms with van der Waals surface area (Å²) in [7, 11) is 0. The van der Waals surface area contributed by atoms with Gasteiger partial charge >= 0.3 is 5.97 Å². The summed E-state index contributed by atoms with van der Waals surface area (Å²) >= 11 is 0. The molecule has 1 heterocycles. The second-order valence-corrected chi connectivity index (χ2v) is 4.41. The summed E-state index contributed by atoms with van der Waals surface area (Å²) in [5.41, 5.74) is 1.07. The molecule has 0 saturated carbocycles. The molecule has 0 aliphatic carbocycles. The van der Waals surface area contributed by atoms with Gasteiger partial charge in [-0.25, -0.2) is 4.79 Å². The molecule has 0 bridgehead atoms. The molecule has 1 aliphatic heterocycles. The van der Waals surface area contributed by atoms with Crippen molar-refractivity contribution >= 4 is 5.97 Å². The zero-order valence-corrected chi connectivity index (χ0v) is 9.49. The van der Waals surface area contributed by atoms with E-state index < -0.39 is 11.5 Å². The topological polar surface area (TPSA) is 49.3 Å². The molecule has 2 rings (SSSR count). The molecule has 2 N–H and O–H groups in total. The molecule has 1 fully saturated rings. The first-order valence-corrected chi connectivity index (χ1v) is 5.71. The summed E-state index contributed by atoms with van der Waals surface area (Å²) < 4.78 is 0. The van der Waals surface area contributed by atoms with Gasteiger partial charge in [0.15, 0.2) is 0 Å². The largest absolute Gasteiger partial charge is 0.480 e. The lowest BCUT2D eigenvalue weighted by Gasteiger charge is -2.35. The Morgan fingerprint density at radius 1 is 1.38 bits per heavy atom. The van der Waals surface area contributed by atoms with E-state index in [0.29, 0.717) is 6.42 Å². The van der Waals surface area contributed by atoms with Crippen LogP contribution in [0.2, 0.25) is 0 Å². The highest BCUT2D eigenvalue weighted by atomic mass is 16.4. The molecule has 86 valence electrons. The first kappa shape index (κ1) is 11.1. The minimum atomic E-state index is -0.871. The van der Waals surface area contributed by atoms with Crippen LogP contribution >= 0.6 is 0 Å². The fraction of sp³-hybridized carbons (Fsp3) is 0.462. The van der Waals surface area contributed by atoms with Crippen LogP contribution in [0, 0.1) is 6.92 Å². The standard InChI is InChI=1S/C13H17NO2/c1-10-6-2-3-7-11(10)13(12(15)16)8-4-5-9-14-13/h2-3,6-7,14H,4-5,8-9H2,1H3,(H,15,16). The first-order valence-electron chi connectivity index (χ1n) is 5.71. The molecule has 0 spiro atoms.